The molecule has 4 aromatic carbocycles. The van der Waals surface area contributed by atoms with Crippen LogP contribution in [0.2, 0.25) is 0 Å². The van der Waals surface area contributed by atoms with Crippen molar-refractivity contribution in [1.82, 2.24) is 25.3 Å². The molecule has 1 heterocycles. The van der Waals surface area contributed by atoms with Crippen molar-refractivity contribution in [2.45, 2.75) is 64.7 Å². The van der Waals surface area contributed by atoms with Crippen LogP contribution in [-0.4, -0.2) is 115 Å². The Hall–Kier alpha value is -3.26. The first-order valence-corrected chi connectivity index (χ1v) is 23.0. The summed E-state index contributed by atoms with van der Waals surface area (Å²) in [6.45, 7) is 20.6. The van der Waals surface area contributed by atoms with Gasteiger partial charge >= 0.3 is 5.97 Å². The number of hydrogen-bond donors (Lipinski definition) is 2. The van der Waals surface area contributed by atoms with Gasteiger partial charge in [0.15, 0.2) is 5.78 Å². The summed E-state index contributed by atoms with van der Waals surface area (Å²) >= 11 is 6.33. The number of ether oxygens (including phenoxy) is 2. The van der Waals surface area contributed by atoms with Crippen LogP contribution < -0.4 is 10.6 Å². The number of rotatable bonds is 20. The summed E-state index contributed by atoms with van der Waals surface area (Å²) in [7, 11) is 1.51. The molecule has 0 aliphatic carbocycles. The van der Waals surface area contributed by atoms with Crippen LogP contribution in [0.15, 0.2) is 121 Å². The van der Waals surface area contributed by atoms with Gasteiger partial charge in [0.25, 0.3) is 0 Å². The highest BCUT2D eigenvalue weighted by atomic mass is 79.9. The first-order chi connectivity index (χ1) is 28.8. The molecule has 1 aliphatic heterocycles. The zero-order valence-corrected chi connectivity index (χ0v) is 39.2. The fourth-order valence-electron chi connectivity index (χ4n) is 6.15. The first-order valence-electron chi connectivity index (χ1n) is 20.9. The number of esters is 1. The number of Topliss-reactive ketones (excluding diaryl/α,β-unsaturated/α-hetero) is 1. The van der Waals surface area contributed by atoms with E-state index in [1.807, 2.05) is 43.3 Å². The second kappa shape index (κ2) is 33.5. The van der Waals surface area contributed by atoms with E-state index in [4.69, 9.17) is 4.74 Å². The lowest BCUT2D eigenvalue weighted by atomic mass is 10.1. The third-order valence-electron chi connectivity index (χ3n) is 9.55. The Bertz CT molecular complexity index is 1560. The summed E-state index contributed by atoms with van der Waals surface area (Å²) in [5.74, 6) is -0.0504. The smallest absolute Gasteiger partial charge is 0.324 e. The van der Waals surface area contributed by atoms with Crippen LogP contribution in [0.5, 0.6) is 0 Å². The quantitative estimate of drug-likeness (QED) is 0.0518. The van der Waals surface area contributed by atoms with Gasteiger partial charge in [0.05, 0.1) is 11.4 Å². The summed E-state index contributed by atoms with van der Waals surface area (Å²) in [5.41, 5.74) is 5.18. The Labute approximate surface area is 372 Å². The molecule has 2 N–H and O–H groups in total. The molecule has 0 radical (unpaired) electrons. The fourth-order valence-corrected chi connectivity index (χ4v) is 6.65. The topological polar surface area (TPSA) is 86.4 Å². The molecule has 4 aromatic rings. The maximum absolute atomic E-state index is 12.5. The maximum atomic E-state index is 12.5. The number of hydrogen-bond acceptors (Lipinski definition) is 9. The number of carbonyl (C=O) groups excluding carboxylic acids is 2. The number of nitrogens with one attached hydrogen (secondary N) is 2. The van der Waals surface area contributed by atoms with E-state index in [1.54, 1.807) is 0 Å². The fraction of sp³-hybridized carbons (Fsp3) is 0.458. The van der Waals surface area contributed by atoms with Crippen molar-refractivity contribution < 1.29 is 19.1 Å². The Kier molecular flexibility index (Phi) is 29.4. The van der Waals surface area contributed by atoms with Gasteiger partial charge in [0.2, 0.25) is 0 Å². The monoisotopic (exact) mass is 937 g/mol. The van der Waals surface area contributed by atoms with Gasteiger partial charge in [-0.15, -0.1) is 0 Å². The lowest BCUT2D eigenvalue weighted by molar-refractivity contribution is -0.152. The summed E-state index contributed by atoms with van der Waals surface area (Å²) in [6.07, 6.45) is 0. The maximum Gasteiger partial charge on any atom is 0.324 e. The molecule has 1 saturated heterocycles. The molecule has 11 heteroatoms. The molecule has 0 spiro atoms. The molecular weight excluding hydrogens is 870 g/mol. The minimum absolute atomic E-state index is 0.0642. The van der Waals surface area contributed by atoms with Gasteiger partial charge in [-0.25, -0.2) is 0 Å². The molecule has 2 unspecified atom stereocenters. The third-order valence-corrected chi connectivity index (χ3v) is 11.9. The number of benzene rings is 4. The molecule has 324 valence electrons. The van der Waals surface area contributed by atoms with Crippen molar-refractivity contribution in [3.05, 3.63) is 144 Å². The molecule has 0 saturated carbocycles. The predicted octanol–water partition coefficient (Wildman–Crippen LogP) is 8.21. The van der Waals surface area contributed by atoms with E-state index in [1.165, 1.54) is 49.0 Å². The number of ketones is 1. The van der Waals surface area contributed by atoms with Crippen LogP contribution in [0.3, 0.4) is 0 Å². The molecule has 1 fully saturated rings. The van der Waals surface area contributed by atoms with E-state index >= 15 is 0 Å². The number of methoxy groups -OCH3 is 1. The molecule has 0 aromatic heterocycles. The van der Waals surface area contributed by atoms with Crippen molar-refractivity contribution >= 4 is 43.6 Å². The van der Waals surface area contributed by atoms with Gasteiger partial charge in [-0.2, -0.15) is 0 Å². The minimum atomic E-state index is -0.211. The summed E-state index contributed by atoms with van der Waals surface area (Å²) in [4.78, 5) is 30.1. The molecular formula is C48H69Br2N5O4. The number of carbonyl (C=O) groups is 2. The predicted molar refractivity (Wildman–Crippen MR) is 252 cm³/mol. The number of halogens is 2. The van der Waals surface area contributed by atoms with Crippen LogP contribution in [0.4, 0.5) is 0 Å². The van der Waals surface area contributed by atoms with Crippen molar-refractivity contribution in [3.63, 3.8) is 0 Å². The normalized spacial score (nSPS) is 14.4. The summed E-state index contributed by atoms with van der Waals surface area (Å²) in [5, 5.41) is 7.49. The van der Waals surface area contributed by atoms with E-state index in [0.29, 0.717) is 18.5 Å². The molecule has 0 amide bonds. The second-order valence-corrected chi connectivity index (χ2v) is 15.7. The lowest BCUT2D eigenvalue weighted by Gasteiger charge is -2.40. The van der Waals surface area contributed by atoms with Crippen molar-refractivity contribution in [2.24, 2.45) is 0 Å². The van der Waals surface area contributed by atoms with Gasteiger partial charge in [-0.1, -0.05) is 174 Å². The largest absolute Gasteiger partial charge is 0.465 e. The zero-order chi connectivity index (χ0) is 42.9. The van der Waals surface area contributed by atoms with Gasteiger partial charge < -0.3 is 25.0 Å². The standard InChI is InChI=1S/C21H26N2O2.C16H20N2.C6H15N.C5H8Br2O2/c1-2-25-21(24)20-17-22(15-18-9-5-3-6-10-18)13-14-23(20)16-19-11-7-4-8-12-19;1-3-7-15(8-4-1)13-17-11-12-18-14-16-9-5-2-6-10-16;1-4-7(5-2)6-3;1-9-3-5(8)4(7)2-6/h3-12,20H,2,13-17H2,1H3;1-10,17-18H,11-14H2;4-6H2,1-3H3;4H,2-3H2,1H3. The van der Waals surface area contributed by atoms with E-state index in [0.717, 1.165) is 52.4 Å². The van der Waals surface area contributed by atoms with E-state index in [9.17, 15) is 9.59 Å². The lowest BCUT2D eigenvalue weighted by Crippen LogP contribution is -2.56. The van der Waals surface area contributed by atoms with Crippen LogP contribution in [0.25, 0.3) is 0 Å². The highest BCUT2D eigenvalue weighted by molar-refractivity contribution is 9.12. The highest BCUT2D eigenvalue weighted by Crippen LogP contribution is 2.18. The van der Waals surface area contributed by atoms with Crippen molar-refractivity contribution in [1.29, 1.82) is 0 Å². The summed E-state index contributed by atoms with van der Waals surface area (Å²) < 4.78 is 9.97. The second-order valence-electron chi connectivity index (χ2n) is 13.9. The van der Waals surface area contributed by atoms with Gasteiger partial charge in [-0.3, -0.25) is 19.4 Å². The van der Waals surface area contributed by atoms with E-state index in [2.05, 4.69) is 168 Å². The molecule has 59 heavy (non-hydrogen) atoms. The van der Waals surface area contributed by atoms with E-state index < -0.39 is 0 Å². The van der Waals surface area contributed by atoms with Gasteiger partial charge in [0.1, 0.15) is 12.6 Å². The van der Waals surface area contributed by atoms with Crippen molar-refractivity contribution in [2.75, 3.05) is 78.0 Å². The molecule has 5 rings (SSSR count). The Morgan fingerprint density at radius 3 is 1.53 bits per heavy atom. The molecule has 1 aliphatic rings. The average Bonchev–Trinajstić information content (AvgIpc) is 3.28. The molecule has 0 bridgehead atoms. The van der Waals surface area contributed by atoms with Crippen LogP contribution in [0, 0.1) is 0 Å². The van der Waals surface area contributed by atoms with Gasteiger partial charge in [-0.05, 0) is 48.8 Å². The van der Waals surface area contributed by atoms with Crippen LogP contribution in [-0.2, 0) is 45.2 Å². The Balaban J connectivity index is 0.000000307. The molecule has 9 nitrogen and oxygen atoms in total. The zero-order valence-electron chi connectivity index (χ0n) is 36.0. The Morgan fingerprint density at radius 2 is 1.14 bits per heavy atom. The minimum Gasteiger partial charge on any atom is -0.465 e. The SMILES string of the molecule is CCN(CC)CC.CCOC(=O)C1CN(Cc2ccccc2)CCN1Cc1ccccc1.COCC(=O)C(Br)CBr.c1ccc(CNCCNCc2ccccc2)cc1. The van der Waals surface area contributed by atoms with Crippen LogP contribution >= 0.6 is 31.9 Å². The number of nitrogens with zero attached hydrogens (tertiary/aromatic N) is 3. The highest BCUT2D eigenvalue weighted by Gasteiger charge is 2.33. The number of piperazine rings is 1. The number of alkyl halides is 2. The third kappa shape index (κ3) is 23.4. The summed E-state index contributed by atoms with van der Waals surface area (Å²) in [6, 6.07) is 41.5. The molecule has 2 atom stereocenters. The van der Waals surface area contributed by atoms with E-state index in [-0.39, 0.29) is 29.2 Å². The van der Waals surface area contributed by atoms with Gasteiger partial charge in [0, 0.05) is 71.3 Å². The Morgan fingerprint density at radius 1 is 0.695 bits per heavy atom. The van der Waals surface area contributed by atoms with Crippen molar-refractivity contribution in [3.8, 4) is 0 Å². The average molecular weight is 940 g/mol. The van der Waals surface area contributed by atoms with Crippen LogP contribution in [0.1, 0.15) is 49.9 Å². The first kappa shape index (κ1) is 51.9.